The Morgan fingerprint density at radius 2 is 2.15 bits per heavy atom. The number of hydrogen-bond donors (Lipinski definition) is 1. The molecular weight excluding hydrogens is 312 g/mol. The standard InChI is InChI=1S/C17H27BrN2/c1-5-19-14(4)16-7-6-15(18)11-17(16)20-9-8-12(2)10-13(20)3/h6-7,11-14,19H,5,8-10H2,1-4H3. The molecule has 20 heavy (non-hydrogen) atoms. The summed E-state index contributed by atoms with van der Waals surface area (Å²) in [7, 11) is 0. The van der Waals surface area contributed by atoms with Crippen molar-refractivity contribution in [3.05, 3.63) is 28.2 Å². The first-order valence-corrected chi connectivity index (χ1v) is 8.61. The van der Waals surface area contributed by atoms with Crippen LogP contribution in [-0.4, -0.2) is 19.1 Å². The van der Waals surface area contributed by atoms with Crippen molar-refractivity contribution in [1.82, 2.24) is 5.32 Å². The normalized spacial score (nSPS) is 24.8. The molecule has 0 aromatic heterocycles. The van der Waals surface area contributed by atoms with Crippen molar-refractivity contribution >= 4 is 21.6 Å². The summed E-state index contributed by atoms with van der Waals surface area (Å²) >= 11 is 3.64. The van der Waals surface area contributed by atoms with E-state index in [1.165, 1.54) is 35.1 Å². The summed E-state index contributed by atoms with van der Waals surface area (Å²) in [6.45, 7) is 11.3. The van der Waals surface area contributed by atoms with Gasteiger partial charge in [0, 0.05) is 28.8 Å². The van der Waals surface area contributed by atoms with E-state index in [9.17, 15) is 0 Å². The van der Waals surface area contributed by atoms with Crippen molar-refractivity contribution in [2.45, 2.75) is 52.6 Å². The Labute approximate surface area is 132 Å². The fourth-order valence-corrected chi connectivity index (χ4v) is 3.66. The summed E-state index contributed by atoms with van der Waals surface area (Å²) in [5.74, 6) is 0.850. The number of benzene rings is 1. The number of piperidine rings is 1. The Morgan fingerprint density at radius 3 is 2.80 bits per heavy atom. The van der Waals surface area contributed by atoms with Crippen LogP contribution in [0.2, 0.25) is 0 Å². The van der Waals surface area contributed by atoms with E-state index in [1.807, 2.05) is 0 Å². The van der Waals surface area contributed by atoms with E-state index in [-0.39, 0.29) is 0 Å². The van der Waals surface area contributed by atoms with E-state index in [2.05, 4.69) is 72.0 Å². The summed E-state index contributed by atoms with van der Waals surface area (Å²) in [4.78, 5) is 2.59. The number of nitrogens with zero attached hydrogens (tertiary/aromatic N) is 1. The van der Waals surface area contributed by atoms with E-state index in [0.717, 1.165) is 12.5 Å². The average molecular weight is 339 g/mol. The third kappa shape index (κ3) is 3.56. The highest BCUT2D eigenvalue weighted by Gasteiger charge is 2.25. The van der Waals surface area contributed by atoms with E-state index in [4.69, 9.17) is 0 Å². The van der Waals surface area contributed by atoms with Crippen molar-refractivity contribution in [3.8, 4) is 0 Å². The van der Waals surface area contributed by atoms with Crippen LogP contribution in [0.3, 0.4) is 0 Å². The van der Waals surface area contributed by atoms with Gasteiger partial charge in [0.15, 0.2) is 0 Å². The smallest absolute Gasteiger partial charge is 0.0428 e. The maximum atomic E-state index is 3.64. The number of anilines is 1. The van der Waals surface area contributed by atoms with Crippen LogP contribution in [0, 0.1) is 5.92 Å². The van der Waals surface area contributed by atoms with Crippen LogP contribution in [-0.2, 0) is 0 Å². The molecule has 0 bridgehead atoms. The maximum Gasteiger partial charge on any atom is 0.0428 e. The van der Waals surface area contributed by atoms with Crippen molar-refractivity contribution in [2.75, 3.05) is 18.0 Å². The lowest BCUT2D eigenvalue weighted by molar-refractivity contribution is 0.376. The lowest BCUT2D eigenvalue weighted by Crippen LogP contribution is -2.41. The molecule has 2 nitrogen and oxygen atoms in total. The zero-order valence-corrected chi connectivity index (χ0v) is 14.7. The third-order valence-electron chi connectivity index (χ3n) is 4.42. The molecule has 112 valence electrons. The first-order chi connectivity index (χ1) is 9.52. The van der Waals surface area contributed by atoms with Crippen LogP contribution in [0.15, 0.2) is 22.7 Å². The summed E-state index contributed by atoms with van der Waals surface area (Å²) in [6, 6.07) is 7.73. The second-order valence-electron chi connectivity index (χ2n) is 6.15. The summed E-state index contributed by atoms with van der Waals surface area (Å²) < 4.78 is 1.17. The zero-order valence-electron chi connectivity index (χ0n) is 13.1. The highest BCUT2D eigenvalue weighted by atomic mass is 79.9. The lowest BCUT2D eigenvalue weighted by atomic mass is 9.92. The molecule has 0 radical (unpaired) electrons. The Balaban J connectivity index is 2.31. The molecule has 1 aromatic rings. The molecule has 0 aliphatic carbocycles. The van der Waals surface area contributed by atoms with Crippen LogP contribution < -0.4 is 10.2 Å². The van der Waals surface area contributed by atoms with Gasteiger partial charge in [0.25, 0.3) is 0 Å². The van der Waals surface area contributed by atoms with Crippen molar-refractivity contribution in [1.29, 1.82) is 0 Å². The quantitative estimate of drug-likeness (QED) is 0.852. The van der Waals surface area contributed by atoms with Crippen LogP contribution in [0.25, 0.3) is 0 Å². The molecule has 1 saturated heterocycles. The SMILES string of the molecule is CCNC(C)c1ccc(Br)cc1N1CCC(C)CC1C. The molecule has 1 aliphatic rings. The molecule has 1 aliphatic heterocycles. The first-order valence-electron chi connectivity index (χ1n) is 7.82. The minimum atomic E-state index is 0.398. The summed E-state index contributed by atoms with van der Waals surface area (Å²) in [6.07, 6.45) is 2.59. The van der Waals surface area contributed by atoms with E-state index in [0.29, 0.717) is 12.1 Å². The summed E-state index contributed by atoms with van der Waals surface area (Å²) in [5, 5.41) is 3.54. The van der Waals surface area contributed by atoms with Gasteiger partial charge < -0.3 is 10.2 Å². The molecule has 1 N–H and O–H groups in total. The molecule has 0 saturated carbocycles. The van der Waals surface area contributed by atoms with Crippen LogP contribution >= 0.6 is 15.9 Å². The minimum Gasteiger partial charge on any atom is -0.369 e. The number of hydrogen-bond acceptors (Lipinski definition) is 2. The van der Waals surface area contributed by atoms with Gasteiger partial charge in [-0.3, -0.25) is 0 Å². The van der Waals surface area contributed by atoms with Gasteiger partial charge in [0.2, 0.25) is 0 Å². The highest BCUT2D eigenvalue weighted by molar-refractivity contribution is 9.10. The molecule has 2 rings (SSSR count). The molecule has 1 fully saturated rings. The monoisotopic (exact) mass is 338 g/mol. The van der Waals surface area contributed by atoms with Gasteiger partial charge in [-0.25, -0.2) is 0 Å². The average Bonchev–Trinajstić information content (AvgIpc) is 2.38. The van der Waals surface area contributed by atoms with E-state index < -0.39 is 0 Å². The minimum absolute atomic E-state index is 0.398. The summed E-state index contributed by atoms with van der Waals surface area (Å²) in [5.41, 5.74) is 2.81. The first kappa shape index (κ1) is 15.8. The molecule has 3 heteroatoms. The fraction of sp³-hybridized carbons (Fsp3) is 0.647. The molecule has 1 aromatic carbocycles. The van der Waals surface area contributed by atoms with Crippen LogP contribution in [0.1, 0.15) is 52.1 Å². The maximum absolute atomic E-state index is 3.64. The zero-order chi connectivity index (χ0) is 14.7. The second kappa shape index (κ2) is 6.95. The fourth-order valence-electron chi connectivity index (χ4n) is 3.31. The van der Waals surface area contributed by atoms with Crippen molar-refractivity contribution < 1.29 is 0 Å². The highest BCUT2D eigenvalue weighted by Crippen LogP contribution is 2.34. The van der Waals surface area contributed by atoms with Gasteiger partial charge in [0.05, 0.1) is 0 Å². The third-order valence-corrected chi connectivity index (χ3v) is 4.91. The Bertz CT molecular complexity index is 447. The molecule has 0 spiro atoms. The number of nitrogens with one attached hydrogen (secondary N) is 1. The molecular formula is C17H27BrN2. The number of halogens is 1. The Morgan fingerprint density at radius 1 is 1.40 bits per heavy atom. The molecule has 3 atom stereocenters. The predicted octanol–water partition coefficient (Wildman–Crippen LogP) is 4.74. The van der Waals surface area contributed by atoms with Gasteiger partial charge in [0.1, 0.15) is 0 Å². The van der Waals surface area contributed by atoms with Gasteiger partial charge in [-0.2, -0.15) is 0 Å². The molecule has 1 heterocycles. The topological polar surface area (TPSA) is 15.3 Å². The Kier molecular flexibility index (Phi) is 5.50. The van der Waals surface area contributed by atoms with Gasteiger partial charge in [-0.05, 0) is 56.8 Å². The number of rotatable bonds is 4. The molecule has 3 unspecified atom stereocenters. The molecule has 0 amide bonds. The van der Waals surface area contributed by atoms with Crippen molar-refractivity contribution in [2.24, 2.45) is 5.92 Å². The van der Waals surface area contributed by atoms with Crippen LogP contribution in [0.4, 0.5) is 5.69 Å². The van der Waals surface area contributed by atoms with E-state index in [1.54, 1.807) is 0 Å². The second-order valence-corrected chi connectivity index (χ2v) is 7.07. The largest absolute Gasteiger partial charge is 0.369 e. The van der Waals surface area contributed by atoms with Gasteiger partial charge in [-0.1, -0.05) is 35.8 Å². The van der Waals surface area contributed by atoms with Gasteiger partial charge >= 0.3 is 0 Å². The van der Waals surface area contributed by atoms with E-state index >= 15 is 0 Å². The van der Waals surface area contributed by atoms with Crippen molar-refractivity contribution in [3.63, 3.8) is 0 Å². The van der Waals surface area contributed by atoms with Gasteiger partial charge in [-0.15, -0.1) is 0 Å². The van der Waals surface area contributed by atoms with Crippen LogP contribution in [0.5, 0.6) is 0 Å². The Hall–Kier alpha value is -0.540. The lowest BCUT2D eigenvalue weighted by Gasteiger charge is -2.40. The predicted molar refractivity (Wildman–Crippen MR) is 91.4 cm³/mol.